The minimum Gasteiger partial charge on any atom is -0.356 e. The zero-order valence-corrected chi connectivity index (χ0v) is 15.5. The molecule has 0 atom stereocenters. The molecule has 0 radical (unpaired) electrons. The molecule has 1 aromatic carbocycles. The van der Waals surface area contributed by atoms with Gasteiger partial charge >= 0.3 is 0 Å². The lowest BCUT2D eigenvalue weighted by atomic mass is 10.1. The Morgan fingerprint density at radius 1 is 1.33 bits per heavy atom. The highest BCUT2D eigenvalue weighted by atomic mass is 32.1. The molecule has 130 valence electrons. The van der Waals surface area contributed by atoms with Gasteiger partial charge in [0.15, 0.2) is 5.96 Å². The van der Waals surface area contributed by atoms with Crippen molar-refractivity contribution in [1.29, 1.82) is 0 Å². The van der Waals surface area contributed by atoms with Crippen LogP contribution in [0.5, 0.6) is 0 Å². The normalized spacial score (nSPS) is 11.8. The van der Waals surface area contributed by atoms with Crippen molar-refractivity contribution < 1.29 is 4.39 Å². The lowest BCUT2D eigenvalue weighted by molar-refractivity contribution is 0.615. The van der Waals surface area contributed by atoms with E-state index in [4.69, 9.17) is 0 Å². The van der Waals surface area contributed by atoms with Gasteiger partial charge in [-0.2, -0.15) is 0 Å². The molecule has 0 fully saturated rings. The Kier molecular flexibility index (Phi) is 6.73. The highest BCUT2D eigenvalue weighted by Crippen LogP contribution is 2.19. The SMILES string of the molecule is CN=C(NCCc1csc(C(C)C)n1)NCc1ccc(C)c(F)c1. The number of nitrogens with one attached hydrogen (secondary N) is 2. The number of benzene rings is 1. The molecule has 24 heavy (non-hydrogen) atoms. The van der Waals surface area contributed by atoms with Crippen LogP contribution in [0.15, 0.2) is 28.6 Å². The molecule has 2 aromatic rings. The molecule has 0 amide bonds. The van der Waals surface area contributed by atoms with Crippen molar-refractivity contribution in [2.24, 2.45) is 4.99 Å². The van der Waals surface area contributed by atoms with E-state index in [2.05, 4.69) is 39.8 Å². The molecule has 0 saturated heterocycles. The van der Waals surface area contributed by atoms with Gasteiger partial charge in [-0.3, -0.25) is 4.99 Å². The standard InChI is InChI=1S/C18H25FN4S/c1-12(2)17-23-15(11-24-17)7-8-21-18(20-4)22-10-14-6-5-13(3)16(19)9-14/h5-6,9,11-12H,7-8,10H2,1-4H3,(H2,20,21,22). The molecule has 6 heteroatoms. The Balaban J connectivity index is 1.78. The van der Waals surface area contributed by atoms with Gasteiger partial charge in [0.2, 0.25) is 0 Å². The van der Waals surface area contributed by atoms with Crippen molar-refractivity contribution in [3.05, 3.63) is 51.2 Å². The summed E-state index contributed by atoms with van der Waals surface area (Å²) in [5.74, 6) is 0.998. The fourth-order valence-corrected chi connectivity index (χ4v) is 3.03. The second kappa shape index (κ2) is 8.78. The second-order valence-corrected chi connectivity index (χ2v) is 6.91. The van der Waals surface area contributed by atoms with Crippen LogP contribution < -0.4 is 10.6 Å². The van der Waals surface area contributed by atoms with Crippen molar-refractivity contribution >= 4 is 17.3 Å². The van der Waals surface area contributed by atoms with Gasteiger partial charge in [-0.25, -0.2) is 9.37 Å². The first-order valence-electron chi connectivity index (χ1n) is 8.13. The number of aliphatic imine (C=N–C) groups is 1. The van der Waals surface area contributed by atoms with E-state index in [-0.39, 0.29) is 5.82 Å². The van der Waals surface area contributed by atoms with Gasteiger partial charge in [0.25, 0.3) is 0 Å². The van der Waals surface area contributed by atoms with Crippen LogP contribution in [-0.4, -0.2) is 24.5 Å². The van der Waals surface area contributed by atoms with Gasteiger partial charge in [0, 0.05) is 37.9 Å². The number of thiazole rings is 1. The smallest absolute Gasteiger partial charge is 0.191 e. The summed E-state index contributed by atoms with van der Waals surface area (Å²) in [5.41, 5.74) is 2.65. The molecule has 0 spiro atoms. The maximum atomic E-state index is 13.6. The highest BCUT2D eigenvalue weighted by molar-refractivity contribution is 7.09. The fourth-order valence-electron chi connectivity index (χ4n) is 2.16. The number of hydrogen-bond acceptors (Lipinski definition) is 3. The van der Waals surface area contributed by atoms with Crippen molar-refractivity contribution in [2.45, 2.75) is 39.7 Å². The predicted octanol–water partition coefficient (Wildman–Crippen LogP) is 3.62. The van der Waals surface area contributed by atoms with Crippen LogP contribution in [0.3, 0.4) is 0 Å². The van der Waals surface area contributed by atoms with Gasteiger partial charge in [-0.1, -0.05) is 26.0 Å². The highest BCUT2D eigenvalue weighted by Gasteiger charge is 2.06. The first-order valence-corrected chi connectivity index (χ1v) is 9.01. The van der Waals surface area contributed by atoms with Gasteiger partial charge in [0.1, 0.15) is 5.82 Å². The van der Waals surface area contributed by atoms with Gasteiger partial charge in [-0.05, 0) is 24.1 Å². The molecule has 4 nitrogen and oxygen atoms in total. The van der Waals surface area contributed by atoms with E-state index >= 15 is 0 Å². The third-order valence-corrected chi connectivity index (χ3v) is 4.85. The number of aromatic nitrogens is 1. The zero-order chi connectivity index (χ0) is 17.5. The monoisotopic (exact) mass is 348 g/mol. The molecular weight excluding hydrogens is 323 g/mol. The summed E-state index contributed by atoms with van der Waals surface area (Å²) in [4.78, 5) is 8.81. The number of guanidine groups is 1. The summed E-state index contributed by atoms with van der Waals surface area (Å²) in [7, 11) is 1.73. The van der Waals surface area contributed by atoms with Crippen molar-refractivity contribution in [2.75, 3.05) is 13.6 Å². The van der Waals surface area contributed by atoms with Crippen LogP contribution >= 0.6 is 11.3 Å². The summed E-state index contributed by atoms with van der Waals surface area (Å²) >= 11 is 1.71. The van der Waals surface area contributed by atoms with Crippen LogP contribution in [0, 0.1) is 12.7 Å². The fraction of sp³-hybridized carbons (Fsp3) is 0.444. The second-order valence-electron chi connectivity index (χ2n) is 6.02. The molecule has 2 N–H and O–H groups in total. The van der Waals surface area contributed by atoms with Gasteiger partial charge < -0.3 is 10.6 Å². The minimum atomic E-state index is -0.179. The molecule has 2 rings (SSSR count). The molecular formula is C18H25FN4S. The molecule has 0 bridgehead atoms. The molecule has 1 heterocycles. The van der Waals surface area contributed by atoms with Crippen LogP contribution in [0.4, 0.5) is 4.39 Å². The lowest BCUT2D eigenvalue weighted by Gasteiger charge is -2.12. The number of halogens is 1. The first-order chi connectivity index (χ1) is 11.5. The first kappa shape index (κ1) is 18.4. The zero-order valence-electron chi connectivity index (χ0n) is 14.7. The Hall–Kier alpha value is -1.95. The third kappa shape index (κ3) is 5.30. The maximum Gasteiger partial charge on any atom is 0.191 e. The van der Waals surface area contributed by atoms with Crippen LogP contribution in [0.2, 0.25) is 0 Å². The van der Waals surface area contributed by atoms with E-state index < -0.39 is 0 Å². The topological polar surface area (TPSA) is 49.3 Å². The summed E-state index contributed by atoms with van der Waals surface area (Å²) in [6, 6.07) is 5.26. The molecule has 0 aliphatic carbocycles. The van der Waals surface area contributed by atoms with Crippen LogP contribution in [-0.2, 0) is 13.0 Å². The third-order valence-electron chi connectivity index (χ3n) is 3.66. The molecule has 0 aliphatic rings. The van der Waals surface area contributed by atoms with E-state index in [1.165, 1.54) is 5.01 Å². The van der Waals surface area contributed by atoms with Gasteiger partial charge in [-0.15, -0.1) is 11.3 Å². The summed E-state index contributed by atoms with van der Waals surface area (Å²) in [6.07, 6.45) is 0.850. The number of aryl methyl sites for hydroxylation is 1. The van der Waals surface area contributed by atoms with Crippen molar-refractivity contribution in [3.8, 4) is 0 Å². The van der Waals surface area contributed by atoms with Crippen LogP contribution in [0.1, 0.15) is 41.6 Å². The van der Waals surface area contributed by atoms with E-state index in [9.17, 15) is 4.39 Å². The maximum absolute atomic E-state index is 13.6. The average molecular weight is 348 g/mol. The van der Waals surface area contributed by atoms with Crippen LogP contribution in [0.25, 0.3) is 0 Å². The van der Waals surface area contributed by atoms with Gasteiger partial charge in [0.05, 0.1) is 10.7 Å². The molecule has 0 saturated carbocycles. The van der Waals surface area contributed by atoms with Crippen molar-refractivity contribution in [3.63, 3.8) is 0 Å². The largest absolute Gasteiger partial charge is 0.356 e. The average Bonchev–Trinajstić information content (AvgIpc) is 3.03. The van der Waals surface area contributed by atoms with E-state index in [0.717, 1.165) is 24.2 Å². The number of hydrogen-bond donors (Lipinski definition) is 2. The Morgan fingerprint density at radius 2 is 2.12 bits per heavy atom. The Morgan fingerprint density at radius 3 is 2.75 bits per heavy atom. The van der Waals surface area contributed by atoms with E-state index in [1.54, 1.807) is 37.4 Å². The van der Waals surface area contributed by atoms with Crippen molar-refractivity contribution in [1.82, 2.24) is 15.6 Å². The minimum absolute atomic E-state index is 0.179. The summed E-state index contributed by atoms with van der Waals surface area (Å²) in [6.45, 7) is 7.35. The summed E-state index contributed by atoms with van der Waals surface area (Å²) < 4.78 is 13.6. The Bertz CT molecular complexity index is 694. The number of rotatable bonds is 6. The quantitative estimate of drug-likeness (QED) is 0.619. The molecule has 0 unspecified atom stereocenters. The Labute approximate surface area is 147 Å². The molecule has 0 aliphatic heterocycles. The summed E-state index contributed by atoms with van der Waals surface area (Å²) in [5, 5.41) is 9.75. The molecule has 1 aromatic heterocycles. The predicted molar refractivity (Wildman–Crippen MR) is 99.2 cm³/mol. The number of nitrogens with zero attached hydrogens (tertiary/aromatic N) is 2. The van der Waals surface area contributed by atoms with E-state index in [0.29, 0.717) is 24.0 Å². The lowest BCUT2D eigenvalue weighted by Crippen LogP contribution is -2.37. The van der Waals surface area contributed by atoms with E-state index in [1.807, 2.05) is 6.07 Å².